The molecule has 0 aliphatic carbocycles. The molecule has 0 aliphatic rings. The molecule has 0 amide bonds. The van der Waals surface area contributed by atoms with Crippen molar-refractivity contribution in [3.8, 4) is 5.69 Å². The van der Waals surface area contributed by atoms with Crippen molar-refractivity contribution in [2.45, 2.75) is 19.9 Å². The van der Waals surface area contributed by atoms with Gasteiger partial charge in [0.1, 0.15) is 0 Å². The van der Waals surface area contributed by atoms with Crippen molar-refractivity contribution in [1.82, 2.24) is 19.2 Å². The molecule has 3 aromatic heterocycles. The highest BCUT2D eigenvalue weighted by molar-refractivity contribution is 6.35. The third kappa shape index (κ3) is 4.08. The molecule has 0 atom stereocenters. The molecule has 0 spiro atoms. The predicted molar refractivity (Wildman–Crippen MR) is 125 cm³/mol. The molecule has 0 saturated carbocycles. The highest BCUT2D eigenvalue weighted by Crippen LogP contribution is 2.22. The van der Waals surface area contributed by atoms with E-state index in [0.29, 0.717) is 17.0 Å². The molecule has 0 aliphatic heterocycles. The fourth-order valence-corrected chi connectivity index (χ4v) is 3.77. The Labute approximate surface area is 184 Å². The van der Waals surface area contributed by atoms with Gasteiger partial charge in [0.25, 0.3) is 5.56 Å². The lowest BCUT2D eigenvalue weighted by Gasteiger charge is -2.14. The van der Waals surface area contributed by atoms with Gasteiger partial charge in [-0.15, -0.1) is 0 Å². The Morgan fingerprint density at radius 2 is 1.81 bits per heavy atom. The van der Waals surface area contributed by atoms with E-state index in [0.717, 1.165) is 34.5 Å². The van der Waals surface area contributed by atoms with Crippen LogP contribution in [0.25, 0.3) is 22.1 Å². The van der Waals surface area contributed by atoms with Crippen LogP contribution in [0.15, 0.2) is 83.9 Å². The van der Waals surface area contributed by atoms with Crippen LogP contribution in [0.4, 0.5) is 0 Å². The fourth-order valence-electron chi connectivity index (χ4n) is 3.51. The predicted octanol–water partition coefficient (Wildman–Crippen LogP) is 4.39. The van der Waals surface area contributed by atoms with Crippen molar-refractivity contribution in [1.29, 1.82) is 0 Å². The number of para-hydroxylation sites is 1. The summed E-state index contributed by atoms with van der Waals surface area (Å²) in [6, 6.07) is 21.0. The lowest BCUT2D eigenvalue weighted by Crippen LogP contribution is -2.22. The Morgan fingerprint density at radius 3 is 2.55 bits per heavy atom. The number of hydrogen-bond acceptors (Lipinski definition) is 4. The van der Waals surface area contributed by atoms with E-state index in [2.05, 4.69) is 10.1 Å². The summed E-state index contributed by atoms with van der Waals surface area (Å²) in [6.07, 6.45) is 4.24. The van der Waals surface area contributed by atoms with E-state index in [1.807, 2.05) is 67.6 Å². The Balaban J connectivity index is 0.000000177. The standard InChI is InChI=1S/C17H14ClNO.C7H8N4/c1-2-13-11-12-7-6-10-15(18)16(12)17(20)19(13)14-8-4-3-5-9-14;8-4-6-5-9-7-2-1-3-10-11(6)7/h3-11H,2H2,1H3;1-3,5H,4,8H2. The molecule has 0 fully saturated rings. The third-order valence-corrected chi connectivity index (χ3v) is 5.32. The topological polar surface area (TPSA) is 78.2 Å². The molecular weight excluding hydrogens is 410 g/mol. The highest BCUT2D eigenvalue weighted by Gasteiger charge is 2.11. The van der Waals surface area contributed by atoms with Gasteiger partial charge >= 0.3 is 0 Å². The first-order valence-electron chi connectivity index (χ1n) is 10.00. The monoisotopic (exact) mass is 431 g/mol. The van der Waals surface area contributed by atoms with Gasteiger partial charge < -0.3 is 5.73 Å². The zero-order valence-corrected chi connectivity index (χ0v) is 17.8. The van der Waals surface area contributed by atoms with Crippen LogP contribution in [0.1, 0.15) is 18.3 Å². The van der Waals surface area contributed by atoms with Crippen molar-refractivity contribution in [2.24, 2.45) is 5.73 Å². The molecule has 0 unspecified atom stereocenters. The molecule has 2 aromatic carbocycles. The van der Waals surface area contributed by atoms with Gasteiger partial charge in [0.2, 0.25) is 0 Å². The van der Waals surface area contributed by atoms with E-state index in [1.165, 1.54) is 0 Å². The first kappa shape index (κ1) is 20.8. The minimum Gasteiger partial charge on any atom is -0.325 e. The zero-order chi connectivity index (χ0) is 21.8. The number of halogens is 1. The maximum absolute atomic E-state index is 12.8. The minimum absolute atomic E-state index is 0.0591. The average Bonchev–Trinajstić information content (AvgIpc) is 3.23. The van der Waals surface area contributed by atoms with Gasteiger partial charge in [0.05, 0.1) is 22.3 Å². The summed E-state index contributed by atoms with van der Waals surface area (Å²) in [7, 11) is 0. The summed E-state index contributed by atoms with van der Waals surface area (Å²) in [5, 5.41) is 6.06. The van der Waals surface area contributed by atoms with Crippen LogP contribution in [0.3, 0.4) is 0 Å². The number of aryl methyl sites for hydroxylation is 1. The van der Waals surface area contributed by atoms with Crippen molar-refractivity contribution < 1.29 is 0 Å². The summed E-state index contributed by atoms with van der Waals surface area (Å²) in [5.74, 6) is 0. The van der Waals surface area contributed by atoms with Crippen molar-refractivity contribution in [3.05, 3.63) is 106 Å². The second-order valence-corrected chi connectivity index (χ2v) is 7.32. The first-order chi connectivity index (χ1) is 15.1. The van der Waals surface area contributed by atoms with Gasteiger partial charge in [-0.05, 0) is 48.2 Å². The van der Waals surface area contributed by atoms with Crippen LogP contribution in [-0.4, -0.2) is 19.2 Å². The molecule has 3 heterocycles. The smallest absolute Gasteiger partial charge is 0.264 e. The van der Waals surface area contributed by atoms with Gasteiger partial charge in [-0.25, -0.2) is 9.50 Å². The molecular formula is C24H22ClN5O. The molecule has 6 nitrogen and oxygen atoms in total. The minimum atomic E-state index is -0.0591. The summed E-state index contributed by atoms with van der Waals surface area (Å²) >= 11 is 6.20. The molecule has 0 radical (unpaired) electrons. The quantitative estimate of drug-likeness (QED) is 0.459. The largest absolute Gasteiger partial charge is 0.325 e. The number of fused-ring (bicyclic) bond motifs is 2. The number of hydrogen-bond donors (Lipinski definition) is 1. The van der Waals surface area contributed by atoms with E-state index in [1.54, 1.807) is 27.5 Å². The third-order valence-electron chi connectivity index (χ3n) is 5.01. The second kappa shape index (κ2) is 9.12. The summed E-state index contributed by atoms with van der Waals surface area (Å²) in [5.41, 5.74) is 9.03. The summed E-state index contributed by atoms with van der Waals surface area (Å²) in [6.45, 7) is 2.52. The molecule has 31 heavy (non-hydrogen) atoms. The Morgan fingerprint density at radius 1 is 1.00 bits per heavy atom. The Kier molecular flexibility index (Phi) is 6.11. The molecule has 5 aromatic rings. The van der Waals surface area contributed by atoms with Crippen molar-refractivity contribution in [3.63, 3.8) is 0 Å². The Hall–Kier alpha value is -3.48. The van der Waals surface area contributed by atoms with Gasteiger partial charge in [-0.1, -0.05) is 48.9 Å². The number of aromatic nitrogens is 4. The van der Waals surface area contributed by atoms with E-state index < -0.39 is 0 Å². The van der Waals surface area contributed by atoms with Gasteiger partial charge in [0, 0.05) is 24.1 Å². The normalized spacial score (nSPS) is 10.8. The second-order valence-electron chi connectivity index (χ2n) is 6.92. The van der Waals surface area contributed by atoms with Crippen LogP contribution in [0, 0.1) is 0 Å². The zero-order valence-electron chi connectivity index (χ0n) is 17.1. The van der Waals surface area contributed by atoms with Crippen molar-refractivity contribution >= 4 is 28.0 Å². The van der Waals surface area contributed by atoms with Gasteiger partial charge in [-0.2, -0.15) is 5.10 Å². The van der Waals surface area contributed by atoms with Crippen LogP contribution >= 0.6 is 11.6 Å². The van der Waals surface area contributed by atoms with E-state index in [9.17, 15) is 4.79 Å². The van der Waals surface area contributed by atoms with Crippen LogP contribution in [-0.2, 0) is 13.0 Å². The van der Waals surface area contributed by atoms with Crippen molar-refractivity contribution in [2.75, 3.05) is 0 Å². The SMILES string of the molecule is CCc1cc2cccc(Cl)c2c(=O)n1-c1ccccc1.NCc1cnc2cccnn12. The Bertz CT molecular complexity index is 1390. The maximum Gasteiger partial charge on any atom is 0.264 e. The number of nitrogens with zero attached hydrogens (tertiary/aromatic N) is 4. The molecule has 156 valence electrons. The van der Waals surface area contributed by atoms with E-state index in [-0.39, 0.29) is 5.56 Å². The number of imidazole rings is 1. The highest BCUT2D eigenvalue weighted by atomic mass is 35.5. The van der Waals surface area contributed by atoms with Gasteiger partial charge in [-0.3, -0.25) is 9.36 Å². The van der Waals surface area contributed by atoms with Crippen LogP contribution < -0.4 is 11.3 Å². The molecule has 5 rings (SSSR count). The molecule has 2 N–H and O–H groups in total. The maximum atomic E-state index is 12.8. The van der Waals surface area contributed by atoms with Crippen LogP contribution in [0.5, 0.6) is 0 Å². The number of benzene rings is 2. The molecule has 7 heteroatoms. The summed E-state index contributed by atoms with van der Waals surface area (Å²) in [4.78, 5) is 16.9. The fraction of sp³-hybridized carbons (Fsp3) is 0.125. The number of nitrogens with two attached hydrogens (primary N) is 1. The number of pyridine rings is 1. The van der Waals surface area contributed by atoms with E-state index >= 15 is 0 Å². The lowest BCUT2D eigenvalue weighted by atomic mass is 10.1. The van der Waals surface area contributed by atoms with Crippen LogP contribution in [0.2, 0.25) is 5.02 Å². The van der Waals surface area contributed by atoms with Gasteiger partial charge in [0.15, 0.2) is 5.65 Å². The first-order valence-corrected chi connectivity index (χ1v) is 10.4. The molecule has 0 bridgehead atoms. The lowest BCUT2D eigenvalue weighted by molar-refractivity contribution is 0.845. The number of rotatable bonds is 3. The summed E-state index contributed by atoms with van der Waals surface area (Å²) < 4.78 is 3.48. The van der Waals surface area contributed by atoms with E-state index in [4.69, 9.17) is 17.3 Å². The molecule has 0 saturated heterocycles. The average molecular weight is 432 g/mol.